The molecular weight excluding hydrogens is 168 g/mol. The lowest BCUT2D eigenvalue weighted by atomic mass is 10.6. The monoisotopic (exact) mass is 186 g/mol. The van der Waals surface area contributed by atoms with Crippen LogP contribution in [-0.4, -0.2) is 36.5 Å². The van der Waals surface area contributed by atoms with Crippen LogP contribution >= 0.6 is 11.8 Å². The third-order valence-electron chi connectivity index (χ3n) is 1.17. The van der Waals surface area contributed by atoms with E-state index in [0.29, 0.717) is 6.54 Å². The number of thioether (sulfide) groups is 1. The molecule has 0 saturated carbocycles. The molecule has 0 radical (unpaired) electrons. The van der Waals surface area contributed by atoms with E-state index in [9.17, 15) is 0 Å². The van der Waals surface area contributed by atoms with Crippen molar-refractivity contribution in [1.29, 1.82) is 0 Å². The number of nitrogens with zero attached hydrogens (tertiary/aromatic N) is 2. The van der Waals surface area contributed by atoms with Crippen molar-refractivity contribution < 1.29 is 0 Å². The Morgan fingerprint density at radius 1 is 1.58 bits per heavy atom. The largest absolute Gasteiger partial charge is 0.358 e. The number of aliphatic imine (C=N–C) groups is 1. The van der Waals surface area contributed by atoms with Crippen molar-refractivity contribution >= 4 is 16.9 Å². The SMILES string of the molecule is C=CC/N=C(\SCCC)N(C)C. The van der Waals surface area contributed by atoms with Gasteiger partial charge in [0.05, 0.1) is 6.54 Å². The maximum atomic E-state index is 4.37. The van der Waals surface area contributed by atoms with Crippen LogP contribution in [0.25, 0.3) is 0 Å². The van der Waals surface area contributed by atoms with Crippen LogP contribution < -0.4 is 0 Å². The Morgan fingerprint density at radius 2 is 2.25 bits per heavy atom. The lowest BCUT2D eigenvalue weighted by molar-refractivity contribution is 0.634. The summed E-state index contributed by atoms with van der Waals surface area (Å²) in [4.78, 5) is 6.41. The third kappa shape index (κ3) is 5.24. The summed E-state index contributed by atoms with van der Waals surface area (Å²) >= 11 is 1.80. The average Bonchev–Trinajstić information content (AvgIpc) is 2.04. The molecule has 0 N–H and O–H groups in total. The zero-order valence-electron chi connectivity index (χ0n) is 8.21. The van der Waals surface area contributed by atoms with Gasteiger partial charge >= 0.3 is 0 Å². The minimum Gasteiger partial charge on any atom is -0.358 e. The predicted molar refractivity (Wildman–Crippen MR) is 58.9 cm³/mol. The molecule has 2 nitrogen and oxygen atoms in total. The Labute approximate surface area is 79.7 Å². The highest BCUT2D eigenvalue weighted by Crippen LogP contribution is 2.07. The average molecular weight is 186 g/mol. The topological polar surface area (TPSA) is 15.6 Å². The first kappa shape index (κ1) is 11.6. The Bertz CT molecular complexity index is 153. The molecule has 0 unspecified atom stereocenters. The van der Waals surface area contributed by atoms with E-state index in [2.05, 4.69) is 18.5 Å². The zero-order valence-corrected chi connectivity index (χ0v) is 9.02. The summed E-state index contributed by atoms with van der Waals surface area (Å²) in [5.74, 6) is 1.13. The van der Waals surface area contributed by atoms with Crippen LogP contribution in [-0.2, 0) is 0 Å². The Kier molecular flexibility index (Phi) is 6.96. The second-order valence-corrected chi connectivity index (χ2v) is 3.72. The summed E-state index contributed by atoms with van der Waals surface area (Å²) in [6, 6.07) is 0. The van der Waals surface area contributed by atoms with E-state index in [1.54, 1.807) is 11.8 Å². The van der Waals surface area contributed by atoms with Gasteiger partial charge in [-0.05, 0) is 6.42 Å². The molecule has 0 aromatic heterocycles. The van der Waals surface area contributed by atoms with E-state index in [-0.39, 0.29) is 0 Å². The van der Waals surface area contributed by atoms with Gasteiger partial charge < -0.3 is 4.90 Å². The number of hydrogen-bond donors (Lipinski definition) is 0. The molecule has 0 heterocycles. The quantitative estimate of drug-likeness (QED) is 0.380. The fourth-order valence-corrected chi connectivity index (χ4v) is 1.46. The van der Waals surface area contributed by atoms with Crippen LogP contribution in [0.2, 0.25) is 0 Å². The van der Waals surface area contributed by atoms with Gasteiger partial charge in [-0.1, -0.05) is 24.8 Å². The van der Waals surface area contributed by atoms with Crippen molar-refractivity contribution in [2.45, 2.75) is 13.3 Å². The van der Waals surface area contributed by atoms with Crippen molar-refractivity contribution in [3.8, 4) is 0 Å². The van der Waals surface area contributed by atoms with Gasteiger partial charge in [-0.2, -0.15) is 0 Å². The van der Waals surface area contributed by atoms with Crippen LogP contribution in [0.4, 0.5) is 0 Å². The first-order chi connectivity index (χ1) is 5.72. The first-order valence-corrected chi connectivity index (χ1v) is 5.16. The molecule has 3 heteroatoms. The van der Waals surface area contributed by atoms with Gasteiger partial charge in [0.25, 0.3) is 0 Å². The van der Waals surface area contributed by atoms with Crippen LogP contribution in [0.1, 0.15) is 13.3 Å². The Balaban J connectivity index is 3.93. The molecule has 70 valence electrons. The van der Waals surface area contributed by atoms with Crippen molar-refractivity contribution in [3.63, 3.8) is 0 Å². The zero-order chi connectivity index (χ0) is 9.40. The smallest absolute Gasteiger partial charge is 0.158 e. The van der Waals surface area contributed by atoms with Crippen molar-refractivity contribution in [2.24, 2.45) is 4.99 Å². The van der Waals surface area contributed by atoms with E-state index >= 15 is 0 Å². The van der Waals surface area contributed by atoms with Gasteiger partial charge in [0.1, 0.15) is 0 Å². The molecule has 0 bridgehead atoms. The van der Waals surface area contributed by atoms with Crippen LogP contribution in [0.15, 0.2) is 17.6 Å². The summed E-state index contributed by atoms with van der Waals surface area (Å²) in [7, 11) is 4.04. The molecule has 0 saturated heterocycles. The molecule has 0 rings (SSSR count). The van der Waals surface area contributed by atoms with E-state index < -0.39 is 0 Å². The van der Waals surface area contributed by atoms with Crippen LogP contribution in [0, 0.1) is 0 Å². The predicted octanol–water partition coefficient (Wildman–Crippen LogP) is 2.23. The number of rotatable bonds is 4. The standard InChI is InChI=1S/C9H18N2S/c1-5-7-10-9(11(3)4)12-8-6-2/h5H,1,6-8H2,2-4H3/b10-9-. The molecule has 0 spiro atoms. The van der Waals surface area contributed by atoms with E-state index in [4.69, 9.17) is 0 Å². The summed E-state index contributed by atoms with van der Waals surface area (Å²) in [6.45, 7) is 6.52. The fourth-order valence-electron chi connectivity index (χ4n) is 0.652. The van der Waals surface area contributed by atoms with Crippen molar-refractivity contribution in [3.05, 3.63) is 12.7 Å². The highest BCUT2D eigenvalue weighted by Gasteiger charge is 1.99. The second kappa shape index (κ2) is 7.22. The summed E-state index contributed by atoms with van der Waals surface area (Å²) in [5, 5.41) is 1.09. The van der Waals surface area contributed by atoms with Crippen LogP contribution in [0.3, 0.4) is 0 Å². The maximum Gasteiger partial charge on any atom is 0.158 e. The van der Waals surface area contributed by atoms with Gasteiger partial charge in [0.15, 0.2) is 5.17 Å². The Hall–Kier alpha value is -0.440. The fraction of sp³-hybridized carbons (Fsp3) is 0.667. The van der Waals surface area contributed by atoms with Gasteiger partial charge in [-0.3, -0.25) is 4.99 Å². The van der Waals surface area contributed by atoms with Crippen molar-refractivity contribution in [1.82, 2.24) is 4.90 Å². The summed E-state index contributed by atoms with van der Waals surface area (Å²) in [5.41, 5.74) is 0. The highest BCUT2D eigenvalue weighted by atomic mass is 32.2. The van der Waals surface area contributed by atoms with E-state index in [1.807, 2.05) is 25.1 Å². The normalized spacial score (nSPS) is 11.4. The molecule has 0 fully saturated rings. The molecule has 12 heavy (non-hydrogen) atoms. The van der Waals surface area contributed by atoms with Gasteiger partial charge in [-0.15, -0.1) is 6.58 Å². The van der Waals surface area contributed by atoms with Crippen LogP contribution in [0.5, 0.6) is 0 Å². The third-order valence-corrected chi connectivity index (χ3v) is 2.54. The lowest BCUT2D eigenvalue weighted by Crippen LogP contribution is -2.19. The molecule has 0 aromatic rings. The number of amidine groups is 1. The maximum absolute atomic E-state index is 4.37. The summed E-state index contributed by atoms with van der Waals surface area (Å²) in [6.07, 6.45) is 3.00. The molecule has 0 aliphatic heterocycles. The van der Waals surface area contributed by atoms with Gasteiger partial charge in [0, 0.05) is 19.8 Å². The molecule has 0 aliphatic carbocycles. The minimum absolute atomic E-state index is 0.713. The van der Waals surface area contributed by atoms with Gasteiger partial charge in [-0.25, -0.2) is 0 Å². The molecular formula is C9H18N2S. The Morgan fingerprint density at radius 3 is 2.67 bits per heavy atom. The molecule has 0 amide bonds. The molecule has 0 aliphatic rings. The van der Waals surface area contributed by atoms with E-state index in [1.165, 1.54) is 6.42 Å². The lowest BCUT2D eigenvalue weighted by Gasteiger charge is -2.14. The first-order valence-electron chi connectivity index (χ1n) is 4.17. The van der Waals surface area contributed by atoms with Gasteiger partial charge in [0.2, 0.25) is 0 Å². The molecule has 0 atom stereocenters. The molecule has 0 aromatic carbocycles. The number of hydrogen-bond acceptors (Lipinski definition) is 2. The summed E-state index contributed by atoms with van der Waals surface area (Å²) < 4.78 is 0. The minimum atomic E-state index is 0.713. The second-order valence-electron chi connectivity index (χ2n) is 2.65. The highest BCUT2D eigenvalue weighted by molar-refractivity contribution is 8.13. The van der Waals surface area contributed by atoms with Crippen molar-refractivity contribution in [2.75, 3.05) is 26.4 Å². The van der Waals surface area contributed by atoms with E-state index in [0.717, 1.165) is 10.9 Å².